The molecule has 7 heteroatoms. The maximum absolute atomic E-state index is 13.0. The number of rotatable bonds is 7. The molecule has 7 nitrogen and oxygen atoms in total. The Hall–Kier alpha value is -2.51. The molecule has 0 bridgehead atoms. The molecular formula is C25H37N5O2. The molecule has 2 aliphatic rings. The largest absolute Gasteiger partial charge is 0.380 e. The number of nitrogens with zero attached hydrogens (tertiary/aromatic N) is 3. The van der Waals surface area contributed by atoms with E-state index in [9.17, 15) is 4.79 Å². The van der Waals surface area contributed by atoms with E-state index in [0.29, 0.717) is 17.8 Å². The third-order valence-electron chi connectivity index (χ3n) is 6.61. The number of hydrogen-bond acceptors (Lipinski definition) is 4. The van der Waals surface area contributed by atoms with Crippen LogP contribution in [0.5, 0.6) is 0 Å². The lowest BCUT2D eigenvalue weighted by atomic mass is 9.87. The van der Waals surface area contributed by atoms with Crippen LogP contribution in [0, 0.1) is 5.41 Å². The van der Waals surface area contributed by atoms with Gasteiger partial charge in [0.25, 0.3) is 0 Å². The Labute approximate surface area is 192 Å². The molecule has 1 aromatic rings. The maximum atomic E-state index is 13.0. The lowest BCUT2D eigenvalue weighted by Crippen LogP contribution is -2.38. The van der Waals surface area contributed by atoms with Gasteiger partial charge in [0, 0.05) is 30.9 Å². The van der Waals surface area contributed by atoms with E-state index in [2.05, 4.69) is 41.4 Å². The van der Waals surface area contributed by atoms with Crippen molar-refractivity contribution in [3.05, 3.63) is 41.2 Å². The van der Waals surface area contributed by atoms with Gasteiger partial charge >= 0.3 is 0 Å². The quantitative estimate of drug-likeness (QED) is 0.490. The number of hydrogen-bond donors (Lipinski definition) is 2. The molecule has 32 heavy (non-hydrogen) atoms. The summed E-state index contributed by atoms with van der Waals surface area (Å²) in [6, 6.07) is 8.66. The Morgan fingerprint density at radius 2 is 2.06 bits per heavy atom. The van der Waals surface area contributed by atoms with E-state index in [1.165, 1.54) is 5.56 Å². The second kappa shape index (κ2) is 10.4. The molecule has 2 heterocycles. The molecular weight excluding hydrogens is 402 g/mol. The highest BCUT2D eigenvalue weighted by atomic mass is 16.5. The first-order chi connectivity index (χ1) is 15.3. The van der Waals surface area contributed by atoms with Crippen molar-refractivity contribution in [1.82, 2.24) is 10.2 Å². The molecule has 0 spiro atoms. The van der Waals surface area contributed by atoms with Crippen molar-refractivity contribution in [2.45, 2.75) is 72.5 Å². The third kappa shape index (κ3) is 5.27. The van der Waals surface area contributed by atoms with E-state index in [4.69, 9.17) is 9.73 Å². The molecule has 174 valence electrons. The first-order valence-electron chi connectivity index (χ1n) is 11.6. The number of guanidine groups is 1. The number of carbonyl (C=O) groups excluding carboxylic acids is 1. The van der Waals surface area contributed by atoms with Crippen LogP contribution in [0.15, 0.2) is 45.6 Å². The summed E-state index contributed by atoms with van der Waals surface area (Å²) in [4.78, 5) is 23.6. The number of benzene rings is 1. The monoisotopic (exact) mass is 439 g/mol. The SMILES string of the molecule is C=N/C(=N\C1=C(C)C(C)(C)C(=O)N1[C@@H](C)CC)Nc1ccc(CNC2CCCOC2)cc1. The topological polar surface area (TPSA) is 78.3 Å². The second-order valence-corrected chi connectivity index (χ2v) is 9.22. The van der Waals surface area contributed by atoms with Crippen molar-refractivity contribution in [1.29, 1.82) is 0 Å². The average Bonchev–Trinajstić information content (AvgIpc) is 2.98. The third-order valence-corrected chi connectivity index (χ3v) is 6.61. The van der Waals surface area contributed by atoms with Crippen LogP contribution in [0.1, 0.15) is 59.4 Å². The predicted molar refractivity (Wildman–Crippen MR) is 131 cm³/mol. The first kappa shape index (κ1) is 24.1. The zero-order valence-electron chi connectivity index (χ0n) is 20.1. The number of anilines is 1. The van der Waals surface area contributed by atoms with Crippen molar-refractivity contribution in [3.63, 3.8) is 0 Å². The second-order valence-electron chi connectivity index (χ2n) is 9.22. The van der Waals surface area contributed by atoms with Crippen LogP contribution in [0.3, 0.4) is 0 Å². The molecule has 3 rings (SSSR count). The summed E-state index contributed by atoms with van der Waals surface area (Å²) in [6.07, 6.45) is 3.12. The molecule has 0 aromatic heterocycles. The Balaban J connectivity index is 1.71. The van der Waals surface area contributed by atoms with E-state index in [1.54, 1.807) is 4.90 Å². The maximum Gasteiger partial charge on any atom is 0.238 e. The molecule has 1 saturated heterocycles. The molecule has 1 unspecified atom stereocenters. The van der Waals surface area contributed by atoms with E-state index in [0.717, 1.165) is 50.3 Å². The fourth-order valence-electron chi connectivity index (χ4n) is 3.95. The predicted octanol–water partition coefficient (Wildman–Crippen LogP) is 4.32. The van der Waals surface area contributed by atoms with Gasteiger partial charge in [-0.3, -0.25) is 9.69 Å². The standard InChI is InChI=1S/C25H37N5O2/c1-7-17(2)30-22(18(3)25(4,5)23(30)31)29-24(26-6)28-20-12-10-19(11-13-20)15-27-21-9-8-14-32-16-21/h10-13,17,21,27H,6-9,14-16H2,1-5H3,(H,28,29)/t17-,21?/m0/s1. The van der Waals surface area contributed by atoms with Crippen LogP contribution in [-0.2, 0) is 16.1 Å². The minimum absolute atomic E-state index is 0.0605. The Bertz CT molecular complexity index is 882. The minimum Gasteiger partial charge on any atom is -0.380 e. The first-order valence-corrected chi connectivity index (χ1v) is 11.6. The summed E-state index contributed by atoms with van der Waals surface area (Å²) >= 11 is 0. The molecule has 2 atom stereocenters. The lowest BCUT2D eigenvalue weighted by molar-refractivity contribution is -0.135. The number of ether oxygens (including phenoxy) is 1. The normalized spacial score (nSPS) is 22.3. The molecule has 0 aliphatic carbocycles. The molecule has 1 amide bonds. The average molecular weight is 440 g/mol. The molecule has 2 aliphatic heterocycles. The van der Waals surface area contributed by atoms with E-state index in [1.807, 2.05) is 39.8 Å². The zero-order chi connectivity index (χ0) is 23.3. The number of aliphatic imine (C=N–C) groups is 2. The summed E-state index contributed by atoms with van der Waals surface area (Å²) < 4.78 is 5.53. The summed E-state index contributed by atoms with van der Waals surface area (Å²) in [6.45, 7) is 16.1. The van der Waals surface area contributed by atoms with Crippen molar-refractivity contribution in [3.8, 4) is 0 Å². The van der Waals surface area contributed by atoms with Crippen LogP contribution in [0.2, 0.25) is 0 Å². The van der Waals surface area contributed by atoms with Crippen LogP contribution in [-0.4, -0.2) is 48.8 Å². The van der Waals surface area contributed by atoms with E-state index < -0.39 is 5.41 Å². The Morgan fingerprint density at radius 1 is 1.34 bits per heavy atom. The Morgan fingerprint density at radius 3 is 2.66 bits per heavy atom. The van der Waals surface area contributed by atoms with Gasteiger partial charge in [0.2, 0.25) is 11.9 Å². The van der Waals surface area contributed by atoms with Crippen molar-refractivity contribution in [2.75, 3.05) is 18.5 Å². The van der Waals surface area contributed by atoms with Crippen LogP contribution in [0.25, 0.3) is 0 Å². The minimum atomic E-state index is -0.577. The molecule has 1 aromatic carbocycles. The fraction of sp³-hybridized carbons (Fsp3) is 0.560. The van der Waals surface area contributed by atoms with Crippen molar-refractivity contribution < 1.29 is 9.53 Å². The number of nitrogens with one attached hydrogen (secondary N) is 2. The molecule has 2 N–H and O–H groups in total. The summed E-state index contributed by atoms with van der Waals surface area (Å²) in [5.74, 6) is 1.12. The summed E-state index contributed by atoms with van der Waals surface area (Å²) in [5.41, 5.74) is 2.44. The van der Waals surface area contributed by atoms with Gasteiger partial charge in [0.15, 0.2) is 0 Å². The zero-order valence-corrected chi connectivity index (χ0v) is 20.1. The van der Waals surface area contributed by atoms with Crippen LogP contribution in [0.4, 0.5) is 5.69 Å². The highest BCUT2D eigenvalue weighted by Crippen LogP contribution is 2.41. The molecule has 0 radical (unpaired) electrons. The van der Waals surface area contributed by atoms with Gasteiger partial charge in [-0.15, -0.1) is 0 Å². The molecule has 0 saturated carbocycles. The lowest BCUT2D eigenvalue weighted by Gasteiger charge is -2.27. The van der Waals surface area contributed by atoms with Gasteiger partial charge < -0.3 is 15.4 Å². The smallest absolute Gasteiger partial charge is 0.238 e. The fourth-order valence-corrected chi connectivity index (χ4v) is 3.95. The molecule has 1 fully saturated rings. The van der Waals surface area contributed by atoms with Crippen molar-refractivity contribution >= 4 is 24.3 Å². The van der Waals surface area contributed by atoms with Crippen molar-refractivity contribution in [2.24, 2.45) is 15.4 Å². The number of carbonyl (C=O) groups is 1. The van der Waals surface area contributed by atoms with Gasteiger partial charge in [-0.1, -0.05) is 19.1 Å². The highest BCUT2D eigenvalue weighted by Gasteiger charge is 2.45. The Kier molecular flexibility index (Phi) is 7.85. The number of amides is 1. The highest BCUT2D eigenvalue weighted by molar-refractivity contribution is 5.98. The van der Waals surface area contributed by atoms with Crippen LogP contribution < -0.4 is 10.6 Å². The van der Waals surface area contributed by atoms with Gasteiger partial charge in [-0.05, 0) is 76.9 Å². The van der Waals surface area contributed by atoms with Gasteiger partial charge in [0.1, 0.15) is 5.82 Å². The van der Waals surface area contributed by atoms with Gasteiger partial charge in [-0.25, -0.2) is 4.99 Å². The van der Waals surface area contributed by atoms with E-state index in [-0.39, 0.29) is 11.9 Å². The van der Waals surface area contributed by atoms with E-state index >= 15 is 0 Å². The summed E-state index contributed by atoms with van der Waals surface area (Å²) in [5, 5.41) is 6.79. The van der Waals surface area contributed by atoms with Crippen LogP contribution >= 0.6 is 0 Å². The van der Waals surface area contributed by atoms with Gasteiger partial charge in [0.05, 0.1) is 12.0 Å². The summed E-state index contributed by atoms with van der Waals surface area (Å²) in [7, 11) is 0. The van der Waals surface area contributed by atoms with Gasteiger partial charge in [-0.2, -0.15) is 4.99 Å².